The summed E-state index contributed by atoms with van der Waals surface area (Å²) in [6, 6.07) is 11.7. The van der Waals surface area contributed by atoms with E-state index in [1.165, 1.54) is 22.5 Å². The van der Waals surface area contributed by atoms with Crippen molar-refractivity contribution in [2.45, 2.75) is 26.4 Å². The molecule has 0 spiro atoms. The van der Waals surface area contributed by atoms with Gasteiger partial charge in [-0.1, -0.05) is 6.07 Å². The molecule has 1 aromatic carbocycles. The summed E-state index contributed by atoms with van der Waals surface area (Å²) in [5.74, 6) is -0.282. The highest BCUT2D eigenvalue weighted by Gasteiger charge is 2.46. The second-order valence-electron chi connectivity index (χ2n) is 6.94. The minimum absolute atomic E-state index is 0.0811. The lowest BCUT2D eigenvalue weighted by atomic mass is 9.98. The van der Waals surface area contributed by atoms with Gasteiger partial charge in [-0.05, 0) is 61.2 Å². The van der Waals surface area contributed by atoms with Crippen LogP contribution in [0.1, 0.15) is 34.7 Å². The molecule has 1 fully saturated rings. The van der Waals surface area contributed by atoms with Gasteiger partial charge in [0.05, 0.1) is 25.0 Å². The number of aryl methyl sites for hydroxylation is 1. The Bertz CT molecular complexity index is 1100. The van der Waals surface area contributed by atoms with Crippen LogP contribution in [0.4, 0.5) is 0 Å². The number of carbonyl (C=O) groups excluding carboxylic acids is 2. The fourth-order valence-electron chi connectivity index (χ4n) is 3.63. The first kappa shape index (κ1) is 20.0. The number of aliphatic hydroxyl groups excluding tert-OH is 1. The molecular weight excluding hydrogens is 402 g/mol. The topological polar surface area (TPSA) is 80.0 Å². The highest BCUT2D eigenvalue weighted by Crippen LogP contribution is 2.42. The van der Waals surface area contributed by atoms with Gasteiger partial charge in [-0.2, -0.15) is 0 Å². The molecule has 0 saturated carbocycles. The highest BCUT2D eigenvalue weighted by molar-refractivity contribution is 7.10. The lowest BCUT2D eigenvalue weighted by Crippen LogP contribution is -2.28. The van der Waals surface area contributed by atoms with E-state index >= 15 is 0 Å². The Labute approximate surface area is 178 Å². The second kappa shape index (κ2) is 8.20. The molecule has 3 heterocycles. The third kappa shape index (κ3) is 3.52. The first-order chi connectivity index (χ1) is 14.5. The number of likely N-dealkylation sites (tertiary alicyclic amines) is 1. The van der Waals surface area contributed by atoms with Crippen LogP contribution in [0.15, 0.2) is 64.1 Å². The van der Waals surface area contributed by atoms with E-state index in [-0.39, 0.29) is 17.9 Å². The van der Waals surface area contributed by atoms with Crippen LogP contribution in [-0.2, 0) is 16.1 Å². The standard InChI is InChI=1S/C23H21NO5S/c1-3-28-17-9-8-15(12-14(17)2)21(25)19-20(18-7-5-11-30-18)24(23(27)22(19)26)13-16-6-4-10-29-16/h4-12,20,25H,3,13H2,1-2H3/b21-19-. The van der Waals surface area contributed by atoms with Crippen LogP contribution in [0, 0.1) is 6.92 Å². The van der Waals surface area contributed by atoms with Gasteiger partial charge in [-0.15, -0.1) is 11.3 Å². The maximum Gasteiger partial charge on any atom is 0.296 e. The van der Waals surface area contributed by atoms with Gasteiger partial charge in [-0.25, -0.2) is 0 Å². The smallest absolute Gasteiger partial charge is 0.296 e. The van der Waals surface area contributed by atoms with Gasteiger partial charge >= 0.3 is 0 Å². The van der Waals surface area contributed by atoms with Crippen molar-refractivity contribution in [3.63, 3.8) is 0 Å². The molecule has 30 heavy (non-hydrogen) atoms. The molecule has 0 radical (unpaired) electrons. The molecule has 6 nitrogen and oxygen atoms in total. The molecule has 1 aliphatic rings. The number of aliphatic hydroxyl groups is 1. The van der Waals surface area contributed by atoms with E-state index in [0.717, 1.165) is 10.4 Å². The lowest BCUT2D eigenvalue weighted by molar-refractivity contribution is -0.140. The average molecular weight is 423 g/mol. The van der Waals surface area contributed by atoms with Crippen LogP contribution in [0.25, 0.3) is 5.76 Å². The minimum Gasteiger partial charge on any atom is -0.507 e. The van der Waals surface area contributed by atoms with Gasteiger partial charge in [0, 0.05) is 10.4 Å². The maximum absolute atomic E-state index is 13.0. The quantitative estimate of drug-likeness (QED) is 0.354. The Morgan fingerprint density at radius 2 is 2.07 bits per heavy atom. The van der Waals surface area contributed by atoms with Crippen LogP contribution in [0.5, 0.6) is 5.75 Å². The largest absolute Gasteiger partial charge is 0.507 e. The fraction of sp³-hybridized carbons (Fsp3) is 0.217. The van der Waals surface area contributed by atoms with Gasteiger partial charge in [0.25, 0.3) is 11.7 Å². The van der Waals surface area contributed by atoms with E-state index in [2.05, 4.69) is 0 Å². The number of rotatable bonds is 6. The van der Waals surface area contributed by atoms with Crippen molar-refractivity contribution in [1.82, 2.24) is 4.90 Å². The van der Waals surface area contributed by atoms with Crippen molar-refractivity contribution in [2.75, 3.05) is 6.61 Å². The van der Waals surface area contributed by atoms with E-state index in [4.69, 9.17) is 9.15 Å². The number of furan rings is 1. The Morgan fingerprint density at radius 3 is 2.70 bits per heavy atom. The number of hydrogen-bond acceptors (Lipinski definition) is 6. The molecule has 1 amide bonds. The number of benzene rings is 1. The van der Waals surface area contributed by atoms with Crippen molar-refractivity contribution >= 4 is 28.8 Å². The highest BCUT2D eigenvalue weighted by atomic mass is 32.1. The van der Waals surface area contributed by atoms with E-state index < -0.39 is 17.7 Å². The average Bonchev–Trinajstić information content (AvgIpc) is 3.48. The summed E-state index contributed by atoms with van der Waals surface area (Å²) in [6.45, 7) is 4.44. The zero-order valence-electron chi connectivity index (χ0n) is 16.6. The molecule has 4 rings (SSSR count). The van der Waals surface area contributed by atoms with E-state index in [1.807, 2.05) is 31.4 Å². The SMILES string of the molecule is CCOc1ccc(/C(O)=C2/C(=O)C(=O)N(Cc3ccco3)C2c2cccs2)cc1C. The van der Waals surface area contributed by atoms with E-state index in [0.29, 0.717) is 23.7 Å². The predicted molar refractivity (Wildman–Crippen MR) is 113 cm³/mol. The van der Waals surface area contributed by atoms with Gasteiger partial charge in [-0.3, -0.25) is 9.59 Å². The molecule has 1 unspecified atom stereocenters. The molecule has 0 bridgehead atoms. The molecule has 1 N–H and O–H groups in total. The maximum atomic E-state index is 13.0. The van der Waals surface area contributed by atoms with Gasteiger partial charge < -0.3 is 19.2 Å². The summed E-state index contributed by atoms with van der Waals surface area (Å²) >= 11 is 1.43. The van der Waals surface area contributed by atoms with Crippen molar-refractivity contribution in [2.24, 2.45) is 0 Å². The molecule has 154 valence electrons. The third-order valence-corrected chi connectivity index (χ3v) is 5.93. The Morgan fingerprint density at radius 1 is 1.23 bits per heavy atom. The lowest BCUT2D eigenvalue weighted by Gasteiger charge is -2.23. The van der Waals surface area contributed by atoms with Crippen molar-refractivity contribution in [3.8, 4) is 5.75 Å². The van der Waals surface area contributed by atoms with Crippen molar-refractivity contribution in [1.29, 1.82) is 0 Å². The van der Waals surface area contributed by atoms with Crippen LogP contribution in [0.3, 0.4) is 0 Å². The van der Waals surface area contributed by atoms with E-state index in [9.17, 15) is 14.7 Å². The summed E-state index contributed by atoms with van der Waals surface area (Å²) < 4.78 is 10.9. The molecule has 0 aliphatic carbocycles. The van der Waals surface area contributed by atoms with E-state index in [1.54, 1.807) is 30.3 Å². The number of ether oxygens (including phenoxy) is 1. The fourth-order valence-corrected chi connectivity index (χ4v) is 4.47. The number of carbonyl (C=O) groups is 2. The van der Waals surface area contributed by atoms with Crippen molar-refractivity contribution < 1.29 is 23.8 Å². The molecule has 1 aliphatic heterocycles. The molecular formula is C23H21NO5S. The predicted octanol–water partition coefficient (Wildman–Crippen LogP) is 4.67. The molecule has 1 saturated heterocycles. The minimum atomic E-state index is -0.705. The molecule has 2 aromatic heterocycles. The normalized spacial score (nSPS) is 18.2. The van der Waals surface area contributed by atoms with Gasteiger partial charge in [0.1, 0.15) is 23.3 Å². The molecule has 1 atom stereocenters. The number of thiophene rings is 1. The first-order valence-corrected chi connectivity index (χ1v) is 10.5. The van der Waals surface area contributed by atoms with Crippen LogP contribution in [-0.4, -0.2) is 28.3 Å². The summed E-state index contributed by atoms with van der Waals surface area (Å²) in [4.78, 5) is 28.1. The van der Waals surface area contributed by atoms with Gasteiger partial charge in [0.2, 0.25) is 0 Å². The zero-order chi connectivity index (χ0) is 21.3. The number of hydrogen-bond donors (Lipinski definition) is 1. The Hall–Kier alpha value is -3.32. The van der Waals surface area contributed by atoms with Crippen LogP contribution < -0.4 is 4.74 Å². The molecule has 7 heteroatoms. The summed E-state index contributed by atoms with van der Waals surface area (Å²) in [5, 5.41) is 13.0. The van der Waals surface area contributed by atoms with Gasteiger partial charge in [0.15, 0.2) is 0 Å². The van der Waals surface area contributed by atoms with Crippen LogP contribution in [0.2, 0.25) is 0 Å². The summed E-state index contributed by atoms with van der Waals surface area (Å²) in [7, 11) is 0. The number of ketones is 1. The number of nitrogens with zero attached hydrogens (tertiary/aromatic N) is 1. The monoisotopic (exact) mass is 423 g/mol. The summed E-state index contributed by atoms with van der Waals surface area (Å²) in [6.07, 6.45) is 1.52. The van der Waals surface area contributed by atoms with Crippen LogP contribution >= 0.6 is 11.3 Å². The first-order valence-electron chi connectivity index (χ1n) is 9.59. The third-order valence-electron chi connectivity index (χ3n) is 5.01. The zero-order valence-corrected chi connectivity index (χ0v) is 17.4. The van der Waals surface area contributed by atoms with Crippen molar-refractivity contribution in [3.05, 3.63) is 81.4 Å². The second-order valence-corrected chi connectivity index (χ2v) is 7.91. The molecule has 3 aromatic rings. The number of Topliss-reactive ketones (excluding diaryl/α,β-unsaturated/α-hetero) is 1. The Balaban J connectivity index is 1.81. The Kier molecular flexibility index (Phi) is 5.46. The number of amides is 1. The summed E-state index contributed by atoms with van der Waals surface area (Å²) in [5.41, 5.74) is 1.38.